The minimum Gasteiger partial charge on any atom is -0.282 e. The zero-order chi connectivity index (χ0) is 20.2. The van der Waals surface area contributed by atoms with Crippen LogP contribution in [0.5, 0.6) is 0 Å². The van der Waals surface area contributed by atoms with Crippen molar-refractivity contribution < 1.29 is 55.5 Å². The molecule has 0 bridgehead atoms. The van der Waals surface area contributed by atoms with Crippen LogP contribution in [0.3, 0.4) is 0 Å². The van der Waals surface area contributed by atoms with Crippen molar-refractivity contribution >= 4 is 61.2 Å². The minimum absolute atomic E-state index is 0. The summed E-state index contributed by atoms with van der Waals surface area (Å²) in [7, 11) is -8.84. The van der Waals surface area contributed by atoms with Crippen LogP contribution in [0, 0.1) is 0 Å². The molecule has 0 spiro atoms. The van der Waals surface area contributed by atoms with E-state index in [4.69, 9.17) is 32.3 Å². The molecule has 0 amide bonds. The fourth-order valence-electron chi connectivity index (χ4n) is 1.69. The monoisotopic (exact) mass is 475 g/mol. The predicted molar refractivity (Wildman–Crippen MR) is 99.2 cm³/mol. The van der Waals surface area contributed by atoms with E-state index in [0.717, 1.165) is 30.6 Å². The second-order valence-corrected chi connectivity index (χ2v) is 8.43. The number of hydrogen-bond donors (Lipinski definition) is 3. The number of nitrogens with one attached hydrogen (secondary N) is 1. The van der Waals surface area contributed by atoms with Crippen LogP contribution in [0.25, 0.3) is 0 Å². The first-order valence-corrected chi connectivity index (χ1v) is 10.3. The van der Waals surface area contributed by atoms with Gasteiger partial charge in [-0.2, -0.15) is 21.9 Å². The third-order valence-electron chi connectivity index (χ3n) is 2.91. The van der Waals surface area contributed by atoms with E-state index < -0.39 is 25.1 Å². The van der Waals surface area contributed by atoms with E-state index in [1.807, 2.05) is 0 Å². The number of anilines is 1. The smallest absolute Gasteiger partial charge is 0.282 e. The maximum absolute atomic E-state index is 11.1. The molecule has 144 valence electrons. The second-order valence-electron chi connectivity index (χ2n) is 4.78. The molecule has 2 rings (SSSR count). The zero-order valence-corrected chi connectivity index (χ0v) is 19.1. The molecule has 2 aromatic carbocycles. The molecule has 0 aliphatic carbocycles. The molecular formula is C13H10Cl2N4NaO6S2+. The molecule has 0 aliphatic heterocycles. The molecule has 2 aromatic rings. The standard InChI is InChI=1S/C13H10Cl2N4O6S2.Na/c14-10-3-1-8(26(20,21)22)5-12(10)18-16-7-17-19-13-6-9(27(23,24)25)2-4-11(13)15;/h1-7,18H,(H,20,21,22)(H,23,24,25);/q;+1/b16-7+,19-17?;. The molecule has 0 unspecified atom stereocenters. The first kappa shape index (κ1) is 24.9. The van der Waals surface area contributed by atoms with Gasteiger partial charge in [-0.15, -0.1) is 10.2 Å². The van der Waals surface area contributed by atoms with Gasteiger partial charge in [-0.05, 0) is 36.4 Å². The van der Waals surface area contributed by atoms with E-state index in [2.05, 4.69) is 20.8 Å². The van der Waals surface area contributed by atoms with Crippen molar-refractivity contribution in [1.29, 1.82) is 0 Å². The largest absolute Gasteiger partial charge is 1.00 e. The first-order valence-electron chi connectivity index (χ1n) is 6.71. The molecule has 0 aromatic heterocycles. The Labute approximate surface area is 192 Å². The maximum Gasteiger partial charge on any atom is 1.00 e. The summed E-state index contributed by atoms with van der Waals surface area (Å²) in [5.41, 5.74) is 2.44. The summed E-state index contributed by atoms with van der Waals surface area (Å²) >= 11 is 11.7. The molecule has 0 aliphatic rings. The molecule has 10 nitrogen and oxygen atoms in total. The number of azo groups is 1. The minimum atomic E-state index is -4.42. The third kappa shape index (κ3) is 7.06. The van der Waals surface area contributed by atoms with Crippen LogP contribution in [0.1, 0.15) is 0 Å². The van der Waals surface area contributed by atoms with Gasteiger partial charge < -0.3 is 0 Å². The fourth-order valence-corrected chi connectivity index (χ4v) is 3.01. The summed E-state index contributed by atoms with van der Waals surface area (Å²) < 4.78 is 62.4. The maximum atomic E-state index is 11.1. The van der Waals surface area contributed by atoms with E-state index in [9.17, 15) is 16.8 Å². The van der Waals surface area contributed by atoms with Crippen LogP contribution in [0.15, 0.2) is 61.5 Å². The molecule has 0 saturated carbocycles. The van der Waals surface area contributed by atoms with Crippen LogP contribution in [-0.4, -0.2) is 32.3 Å². The quantitative estimate of drug-likeness (QED) is 0.138. The van der Waals surface area contributed by atoms with Crippen molar-refractivity contribution in [2.45, 2.75) is 9.79 Å². The Balaban J connectivity index is 0.00000392. The van der Waals surface area contributed by atoms with Gasteiger partial charge in [-0.1, -0.05) is 23.2 Å². The van der Waals surface area contributed by atoms with Gasteiger partial charge >= 0.3 is 29.6 Å². The van der Waals surface area contributed by atoms with Crippen molar-refractivity contribution in [2.24, 2.45) is 15.3 Å². The van der Waals surface area contributed by atoms with Gasteiger partial charge in [-0.3, -0.25) is 14.5 Å². The van der Waals surface area contributed by atoms with Crippen LogP contribution in [0.2, 0.25) is 10.0 Å². The number of hydrazone groups is 1. The number of halogens is 2. The zero-order valence-electron chi connectivity index (χ0n) is 14.0. The number of nitrogens with zero attached hydrogens (tertiary/aromatic N) is 3. The normalized spacial score (nSPS) is 12.3. The van der Waals surface area contributed by atoms with Gasteiger partial charge in [0.05, 0.1) is 25.5 Å². The topological polar surface area (TPSA) is 158 Å². The van der Waals surface area contributed by atoms with Crippen LogP contribution in [0.4, 0.5) is 11.4 Å². The van der Waals surface area contributed by atoms with Crippen LogP contribution >= 0.6 is 23.2 Å². The van der Waals surface area contributed by atoms with Crippen molar-refractivity contribution in [3.63, 3.8) is 0 Å². The molecule has 0 radical (unpaired) electrons. The molecule has 0 fully saturated rings. The molecular weight excluding hydrogens is 466 g/mol. The summed E-state index contributed by atoms with van der Waals surface area (Å²) in [6, 6.07) is 6.72. The fraction of sp³-hybridized carbons (Fsp3) is 0. The Kier molecular flexibility index (Phi) is 8.99. The van der Waals surface area contributed by atoms with E-state index in [1.54, 1.807) is 0 Å². The summed E-state index contributed by atoms with van der Waals surface area (Å²) in [4.78, 5) is -0.801. The molecule has 0 atom stereocenters. The van der Waals surface area contributed by atoms with Crippen molar-refractivity contribution in [3.8, 4) is 0 Å². The Hall–Kier alpha value is -1.09. The summed E-state index contributed by atoms with van der Waals surface area (Å²) in [6.45, 7) is 0. The van der Waals surface area contributed by atoms with Crippen LogP contribution < -0.4 is 35.0 Å². The first-order chi connectivity index (χ1) is 12.5. The van der Waals surface area contributed by atoms with Gasteiger partial charge in [0.1, 0.15) is 5.69 Å². The molecule has 28 heavy (non-hydrogen) atoms. The summed E-state index contributed by atoms with van der Waals surface area (Å²) in [5, 5.41) is 11.0. The van der Waals surface area contributed by atoms with Gasteiger partial charge in [0.2, 0.25) is 0 Å². The van der Waals surface area contributed by atoms with Crippen molar-refractivity contribution in [2.75, 3.05) is 5.43 Å². The van der Waals surface area contributed by atoms with Gasteiger partial charge in [0.25, 0.3) is 20.2 Å². The van der Waals surface area contributed by atoms with Gasteiger partial charge in [-0.25, -0.2) is 0 Å². The average Bonchev–Trinajstić information content (AvgIpc) is 2.55. The molecule has 0 heterocycles. The SMILES string of the molecule is O=S(=O)(O)c1ccc(Cl)c(N=N/C=N/Nc2cc(S(=O)(=O)O)ccc2Cl)c1.[Na+]. The molecule has 0 saturated heterocycles. The Bertz CT molecular complexity index is 1140. The number of rotatable bonds is 6. The third-order valence-corrected chi connectivity index (χ3v) is 5.26. The van der Waals surface area contributed by atoms with E-state index in [1.165, 1.54) is 12.1 Å². The average molecular weight is 476 g/mol. The Morgan fingerprint density at radius 3 is 2.00 bits per heavy atom. The Morgan fingerprint density at radius 2 is 1.43 bits per heavy atom. The summed E-state index contributed by atoms with van der Waals surface area (Å²) in [5.74, 6) is 0. The van der Waals surface area contributed by atoms with E-state index in [0.29, 0.717) is 0 Å². The van der Waals surface area contributed by atoms with Crippen molar-refractivity contribution in [3.05, 3.63) is 46.4 Å². The summed E-state index contributed by atoms with van der Waals surface area (Å²) in [6.07, 6.45) is 0.910. The molecule has 15 heteroatoms. The number of benzene rings is 2. The predicted octanol–water partition coefficient (Wildman–Crippen LogP) is 0.630. The van der Waals surface area contributed by atoms with Gasteiger partial charge in [0, 0.05) is 0 Å². The van der Waals surface area contributed by atoms with E-state index >= 15 is 0 Å². The number of hydrogen-bond acceptors (Lipinski definition) is 7. The molecule has 3 N–H and O–H groups in total. The van der Waals surface area contributed by atoms with E-state index in [-0.39, 0.29) is 55.9 Å². The van der Waals surface area contributed by atoms with Gasteiger partial charge in [0.15, 0.2) is 6.34 Å². The van der Waals surface area contributed by atoms with Crippen LogP contribution in [-0.2, 0) is 20.2 Å². The Morgan fingerprint density at radius 1 is 0.893 bits per heavy atom. The van der Waals surface area contributed by atoms with Crippen molar-refractivity contribution in [1.82, 2.24) is 0 Å². The second kappa shape index (κ2) is 10.1.